The molecule has 1 aliphatic heterocycles. The highest BCUT2D eigenvalue weighted by atomic mass is 16.3. The molecule has 0 saturated heterocycles. The third-order valence-corrected chi connectivity index (χ3v) is 4.34. The Morgan fingerprint density at radius 3 is 3.04 bits per heavy atom. The van der Waals surface area contributed by atoms with Crippen molar-refractivity contribution in [3.05, 3.63) is 36.1 Å². The predicted molar refractivity (Wildman–Crippen MR) is 102 cm³/mol. The predicted octanol–water partition coefficient (Wildman–Crippen LogP) is 4.06. The number of nitrogens with one attached hydrogen (secondary N) is 3. The number of aromatic nitrogens is 2. The van der Waals surface area contributed by atoms with Gasteiger partial charge < -0.3 is 20.4 Å². The van der Waals surface area contributed by atoms with E-state index in [1.54, 1.807) is 6.26 Å². The maximum absolute atomic E-state index is 11.8. The van der Waals surface area contributed by atoms with Crippen LogP contribution >= 0.6 is 0 Å². The van der Waals surface area contributed by atoms with Gasteiger partial charge in [-0.15, -0.1) is 0 Å². The lowest BCUT2D eigenvalue weighted by molar-refractivity contribution is -0.116. The second-order valence-corrected chi connectivity index (χ2v) is 6.36. The second kappa shape index (κ2) is 7.03. The van der Waals surface area contributed by atoms with E-state index >= 15 is 0 Å². The lowest BCUT2D eigenvalue weighted by atomic mass is 10.1. The van der Waals surface area contributed by atoms with Crippen LogP contribution in [-0.2, 0) is 11.2 Å². The zero-order chi connectivity index (χ0) is 17.9. The molecule has 0 saturated carbocycles. The van der Waals surface area contributed by atoms with Crippen molar-refractivity contribution in [2.75, 3.05) is 22.5 Å². The van der Waals surface area contributed by atoms with Crippen LogP contribution in [-0.4, -0.2) is 22.4 Å². The molecule has 0 aliphatic carbocycles. The number of hydrogen-bond acceptors (Lipinski definition) is 6. The summed E-state index contributed by atoms with van der Waals surface area (Å²) in [5.41, 5.74) is 4.22. The van der Waals surface area contributed by atoms with Crippen LogP contribution in [0, 0.1) is 0 Å². The molecular formula is C19H21N5O2. The minimum atomic E-state index is 0.0584. The van der Waals surface area contributed by atoms with E-state index < -0.39 is 0 Å². The number of anilines is 4. The van der Waals surface area contributed by atoms with E-state index in [4.69, 9.17) is 4.42 Å². The molecular weight excluding hydrogens is 330 g/mol. The Kier molecular flexibility index (Phi) is 4.43. The number of nitrogens with zero attached hydrogens (tertiary/aromatic N) is 2. The van der Waals surface area contributed by atoms with Crippen molar-refractivity contribution in [2.45, 2.75) is 32.6 Å². The molecule has 1 amide bonds. The first-order chi connectivity index (χ1) is 12.7. The maximum Gasteiger partial charge on any atom is 0.229 e. The van der Waals surface area contributed by atoms with Gasteiger partial charge in [0.2, 0.25) is 11.9 Å². The molecule has 7 nitrogen and oxygen atoms in total. The molecule has 0 atom stereocenters. The summed E-state index contributed by atoms with van der Waals surface area (Å²) in [6, 6.07) is 7.77. The van der Waals surface area contributed by atoms with E-state index in [0.717, 1.165) is 48.3 Å². The van der Waals surface area contributed by atoms with Gasteiger partial charge in [0.05, 0.1) is 6.26 Å². The van der Waals surface area contributed by atoms with Crippen molar-refractivity contribution in [1.82, 2.24) is 9.97 Å². The number of amides is 1. The standard InChI is InChI=1S/C19H21N5O2/c1-2-9-20-18-17-14(8-10-26-17)23-19(24-18)21-13-7-6-12-4-3-5-16(25)22-15(12)11-13/h6-8,10-11H,2-5,9H2,1H3,(H,22,25)(H2,20,21,23,24). The van der Waals surface area contributed by atoms with Crippen LogP contribution in [0.2, 0.25) is 0 Å². The number of carbonyl (C=O) groups is 1. The summed E-state index contributed by atoms with van der Waals surface area (Å²) in [6.07, 6.45) is 4.93. The zero-order valence-corrected chi connectivity index (χ0v) is 14.6. The van der Waals surface area contributed by atoms with Crippen molar-refractivity contribution in [1.29, 1.82) is 0 Å². The van der Waals surface area contributed by atoms with Gasteiger partial charge in [-0.2, -0.15) is 4.98 Å². The highest BCUT2D eigenvalue weighted by Gasteiger charge is 2.14. The largest absolute Gasteiger partial charge is 0.459 e. The van der Waals surface area contributed by atoms with Crippen LogP contribution in [0.1, 0.15) is 31.7 Å². The van der Waals surface area contributed by atoms with Gasteiger partial charge in [-0.1, -0.05) is 13.0 Å². The van der Waals surface area contributed by atoms with E-state index in [2.05, 4.69) is 32.8 Å². The number of hydrogen-bond donors (Lipinski definition) is 3. The van der Waals surface area contributed by atoms with Gasteiger partial charge in [0.1, 0.15) is 5.52 Å². The van der Waals surface area contributed by atoms with Gasteiger partial charge in [0.25, 0.3) is 0 Å². The molecule has 3 aromatic rings. The van der Waals surface area contributed by atoms with Crippen molar-refractivity contribution >= 4 is 40.1 Å². The summed E-state index contributed by atoms with van der Waals surface area (Å²) in [4.78, 5) is 20.8. The smallest absolute Gasteiger partial charge is 0.229 e. The topological polar surface area (TPSA) is 92.1 Å². The molecule has 3 N–H and O–H groups in total. The molecule has 0 unspecified atom stereocenters. The van der Waals surface area contributed by atoms with Crippen LogP contribution in [0.25, 0.3) is 11.1 Å². The summed E-state index contributed by atoms with van der Waals surface area (Å²) >= 11 is 0. The van der Waals surface area contributed by atoms with Crippen molar-refractivity contribution in [3.63, 3.8) is 0 Å². The van der Waals surface area contributed by atoms with Gasteiger partial charge in [-0.25, -0.2) is 4.98 Å². The Labute approximate surface area is 151 Å². The minimum absolute atomic E-state index is 0.0584. The Morgan fingerprint density at radius 2 is 2.15 bits per heavy atom. The molecule has 7 heteroatoms. The fourth-order valence-corrected chi connectivity index (χ4v) is 3.05. The first-order valence-electron chi connectivity index (χ1n) is 8.92. The summed E-state index contributed by atoms with van der Waals surface area (Å²) in [6.45, 7) is 2.90. The van der Waals surface area contributed by atoms with Crippen LogP contribution < -0.4 is 16.0 Å². The summed E-state index contributed by atoms with van der Waals surface area (Å²) in [5, 5.41) is 9.47. The molecule has 4 rings (SSSR count). The van der Waals surface area contributed by atoms with Gasteiger partial charge in [0, 0.05) is 30.4 Å². The van der Waals surface area contributed by atoms with Gasteiger partial charge >= 0.3 is 0 Å². The number of aryl methyl sites for hydroxylation is 1. The number of carbonyl (C=O) groups excluding carboxylic acids is 1. The zero-order valence-electron chi connectivity index (χ0n) is 14.6. The summed E-state index contributed by atoms with van der Waals surface area (Å²) in [5.74, 6) is 1.22. The first-order valence-corrected chi connectivity index (χ1v) is 8.92. The third-order valence-electron chi connectivity index (χ3n) is 4.34. The lowest BCUT2D eigenvalue weighted by Gasteiger charge is -2.12. The van der Waals surface area contributed by atoms with E-state index in [1.807, 2.05) is 24.3 Å². The molecule has 1 aliphatic rings. The molecule has 26 heavy (non-hydrogen) atoms. The fourth-order valence-electron chi connectivity index (χ4n) is 3.05. The van der Waals surface area contributed by atoms with Crippen molar-refractivity contribution < 1.29 is 9.21 Å². The van der Waals surface area contributed by atoms with E-state index in [-0.39, 0.29) is 5.91 Å². The molecule has 3 heterocycles. The Morgan fingerprint density at radius 1 is 1.23 bits per heavy atom. The molecule has 2 aromatic heterocycles. The summed E-state index contributed by atoms with van der Waals surface area (Å²) in [7, 11) is 0. The quantitative estimate of drug-likeness (QED) is 0.642. The average molecular weight is 351 g/mol. The van der Waals surface area contributed by atoms with E-state index in [1.165, 1.54) is 0 Å². The Balaban J connectivity index is 1.63. The lowest BCUT2D eigenvalue weighted by Crippen LogP contribution is -2.09. The molecule has 0 fully saturated rings. The minimum Gasteiger partial charge on any atom is -0.459 e. The number of benzene rings is 1. The molecule has 134 valence electrons. The SMILES string of the molecule is CCCNc1nc(Nc2ccc3c(c2)NC(=O)CCC3)nc2ccoc12. The molecule has 0 bridgehead atoms. The maximum atomic E-state index is 11.8. The fraction of sp³-hybridized carbons (Fsp3) is 0.316. The number of fused-ring (bicyclic) bond motifs is 2. The molecule has 0 spiro atoms. The normalized spacial score (nSPS) is 13.8. The highest BCUT2D eigenvalue weighted by molar-refractivity contribution is 5.93. The second-order valence-electron chi connectivity index (χ2n) is 6.36. The van der Waals surface area contributed by atoms with Gasteiger partial charge in [-0.05, 0) is 37.0 Å². The van der Waals surface area contributed by atoms with Crippen LogP contribution in [0.15, 0.2) is 34.9 Å². The van der Waals surface area contributed by atoms with E-state index in [0.29, 0.717) is 23.8 Å². The molecule has 0 radical (unpaired) electrons. The Hall–Kier alpha value is -3.09. The number of furan rings is 1. The number of rotatable bonds is 5. The Bertz CT molecular complexity index is 950. The monoisotopic (exact) mass is 351 g/mol. The van der Waals surface area contributed by atoms with Gasteiger partial charge in [0.15, 0.2) is 11.4 Å². The summed E-state index contributed by atoms with van der Waals surface area (Å²) < 4.78 is 5.49. The van der Waals surface area contributed by atoms with E-state index in [9.17, 15) is 4.79 Å². The van der Waals surface area contributed by atoms with Crippen molar-refractivity contribution in [3.8, 4) is 0 Å². The highest BCUT2D eigenvalue weighted by Crippen LogP contribution is 2.28. The van der Waals surface area contributed by atoms with Crippen molar-refractivity contribution in [2.24, 2.45) is 0 Å². The van der Waals surface area contributed by atoms with Crippen LogP contribution in [0.4, 0.5) is 23.1 Å². The van der Waals surface area contributed by atoms with Crippen LogP contribution in [0.3, 0.4) is 0 Å². The van der Waals surface area contributed by atoms with Crippen LogP contribution in [0.5, 0.6) is 0 Å². The van der Waals surface area contributed by atoms with Gasteiger partial charge in [-0.3, -0.25) is 4.79 Å². The first kappa shape index (κ1) is 16.4. The third kappa shape index (κ3) is 3.33. The molecule has 1 aromatic carbocycles. The average Bonchev–Trinajstić information content (AvgIpc) is 3.02.